The van der Waals surface area contributed by atoms with Crippen LogP contribution >= 0.6 is 22.6 Å². The molecule has 1 fully saturated rings. The Labute approximate surface area is 209 Å². The Balaban J connectivity index is 1.30. The van der Waals surface area contributed by atoms with Gasteiger partial charge in [0.15, 0.2) is 0 Å². The van der Waals surface area contributed by atoms with E-state index < -0.39 is 0 Å². The molecular weight excluding hydrogens is 523 g/mol. The Kier molecular flexibility index (Phi) is 6.81. The molecule has 3 aromatic rings. The Morgan fingerprint density at radius 1 is 0.939 bits per heavy atom. The average Bonchev–Trinajstić information content (AvgIpc) is 2.84. The maximum absolute atomic E-state index is 12.9. The molecule has 0 unspecified atom stereocenters. The second-order valence-electron chi connectivity index (χ2n) is 9.17. The summed E-state index contributed by atoms with van der Waals surface area (Å²) in [5.74, 6) is 0.507. The number of fused-ring (bicyclic) bond motifs is 1. The summed E-state index contributed by atoms with van der Waals surface area (Å²) < 4.78 is 1.04. The van der Waals surface area contributed by atoms with E-state index in [4.69, 9.17) is 0 Å². The predicted octanol–water partition coefficient (Wildman–Crippen LogP) is 5.25. The molecule has 2 atom stereocenters. The molecule has 0 radical (unpaired) electrons. The number of nitrogens with zero attached hydrogens (tertiary/aromatic N) is 1. The van der Waals surface area contributed by atoms with Gasteiger partial charge in [0.2, 0.25) is 0 Å². The fourth-order valence-corrected chi connectivity index (χ4v) is 5.92. The van der Waals surface area contributed by atoms with Crippen LogP contribution in [0.3, 0.4) is 0 Å². The van der Waals surface area contributed by atoms with Crippen LogP contribution in [-0.4, -0.2) is 41.1 Å². The minimum atomic E-state index is -0.382. The van der Waals surface area contributed by atoms with Gasteiger partial charge in [-0.15, -0.1) is 0 Å². The minimum Gasteiger partial charge on any atom is -0.391 e. The van der Waals surface area contributed by atoms with Crippen LogP contribution in [0.4, 0.5) is 5.69 Å². The van der Waals surface area contributed by atoms with E-state index in [1.807, 2.05) is 36.4 Å². The first-order chi connectivity index (χ1) is 16.1. The summed E-state index contributed by atoms with van der Waals surface area (Å²) >= 11 is 2.23. The summed E-state index contributed by atoms with van der Waals surface area (Å²) in [7, 11) is 0. The number of carbonyl (C=O) groups is 1. The molecule has 0 saturated carbocycles. The fraction of sp³-hybridized carbons (Fsp3) is 0.321. The topological polar surface area (TPSA) is 52.6 Å². The number of likely N-dealkylation sites (tertiary alicyclic amines) is 1. The van der Waals surface area contributed by atoms with Gasteiger partial charge in [-0.25, -0.2) is 0 Å². The highest BCUT2D eigenvalue weighted by atomic mass is 127. The molecule has 2 aliphatic rings. The zero-order valence-corrected chi connectivity index (χ0v) is 20.7. The van der Waals surface area contributed by atoms with Crippen molar-refractivity contribution >= 4 is 34.2 Å². The molecule has 0 aromatic heterocycles. The predicted molar refractivity (Wildman–Crippen MR) is 141 cm³/mol. The molecule has 3 aromatic carbocycles. The fourth-order valence-electron chi connectivity index (χ4n) is 5.38. The monoisotopic (exact) mass is 552 g/mol. The van der Waals surface area contributed by atoms with E-state index in [1.54, 1.807) is 0 Å². The van der Waals surface area contributed by atoms with E-state index >= 15 is 0 Å². The number of aliphatic hydroxyl groups excluding tert-OH is 1. The summed E-state index contributed by atoms with van der Waals surface area (Å²) in [5.41, 5.74) is 5.25. The van der Waals surface area contributed by atoms with Crippen molar-refractivity contribution in [1.29, 1.82) is 0 Å². The molecule has 4 nitrogen and oxygen atoms in total. The van der Waals surface area contributed by atoms with Crippen LogP contribution in [0.25, 0.3) is 0 Å². The molecule has 5 rings (SSSR count). The third-order valence-electron chi connectivity index (χ3n) is 7.16. The SMILES string of the molecule is O=C(Nc1cccc2c1C[C@H](N1CCC(c3ccccc3)CC1)[C@@H](O)C2)c1cccc(I)c1. The smallest absolute Gasteiger partial charge is 0.255 e. The van der Waals surface area contributed by atoms with Crippen molar-refractivity contribution in [2.24, 2.45) is 0 Å². The van der Waals surface area contributed by atoms with E-state index in [0.717, 1.165) is 52.7 Å². The van der Waals surface area contributed by atoms with Crippen LogP contribution < -0.4 is 5.32 Å². The van der Waals surface area contributed by atoms with Gasteiger partial charge < -0.3 is 10.4 Å². The highest BCUT2D eigenvalue weighted by Crippen LogP contribution is 2.34. The van der Waals surface area contributed by atoms with Crippen molar-refractivity contribution in [3.63, 3.8) is 0 Å². The third kappa shape index (κ3) is 5.00. The van der Waals surface area contributed by atoms with Gasteiger partial charge in [-0.1, -0.05) is 48.5 Å². The molecule has 1 saturated heterocycles. The number of rotatable bonds is 4. The van der Waals surface area contributed by atoms with Crippen LogP contribution in [0.15, 0.2) is 72.8 Å². The van der Waals surface area contributed by atoms with Gasteiger partial charge in [-0.3, -0.25) is 9.69 Å². The lowest BCUT2D eigenvalue weighted by molar-refractivity contribution is 0.0296. The number of piperidine rings is 1. The molecular formula is C28H29IN2O2. The summed E-state index contributed by atoms with van der Waals surface area (Å²) in [6.07, 6.45) is 3.24. The second kappa shape index (κ2) is 9.95. The lowest BCUT2D eigenvalue weighted by Gasteiger charge is -2.42. The minimum absolute atomic E-state index is 0.0879. The van der Waals surface area contributed by atoms with Crippen LogP contribution in [0.1, 0.15) is 45.8 Å². The molecule has 0 spiro atoms. The molecule has 170 valence electrons. The van der Waals surface area contributed by atoms with Gasteiger partial charge in [-0.05, 0) is 102 Å². The van der Waals surface area contributed by atoms with Crippen LogP contribution in [0.5, 0.6) is 0 Å². The number of nitrogens with one attached hydrogen (secondary N) is 1. The zero-order valence-electron chi connectivity index (χ0n) is 18.6. The molecule has 0 bridgehead atoms. The zero-order chi connectivity index (χ0) is 22.8. The lowest BCUT2D eigenvalue weighted by Crippen LogP contribution is -2.51. The van der Waals surface area contributed by atoms with E-state index in [2.05, 4.69) is 69.2 Å². The van der Waals surface area contributed by atoms with E-state index in [9.17, 15) is 9.90 Å². The Hall–Kier alpha value is -2.22. The Bertz CT molecular complexity index is 1130. The normalized spacial score (nSPS) is 21.4. The molecule has 2 N–H and O–H groups in total. The molecule has 5 heteroatoms. The van der Waals surface area contributed by atoms with Gasteiger partial charge in [0, 0.05) is 27.3 Å². The number of amides is 1. The van der Waals surface area contributed by atoms with Crippen molar-refractivity contribution in [3.8, 4) is 0 Å². The number of anilines is 1. The first-order valence-electron chi connectivity index (χ1n) is 11.7. The lowest BCUT2D eigenvalue weighted by atomic mass is 9.82. The maximum atomic E-state index is 12.9. The van der Waals surface area contributed by atoms with Crippen LogP contribution in [0, 0.1) is 3.57 Å². The van der Waals surface area contributed by atoms with Crippen molar-refractivity contribution < 1.29 is 9.90 Å². The molecule has 33 heavy (non-hydrogen) atoms. The molecule has 1 heterocycles. The quantitative estimate of drug-likeness (QED) is 0.435. The molecule has 1 aliphatic carbocycles. The number of carbonyl (C=O) groups excluding carboxylic acids is 1. The van der Waals surface area contributed by atoms with Crippen molar-refractivity contribution in [3.05, 3.63) is 98.6 Å². The third-order valence-corrected chi connectivity index (χ3v) is 7.84. The summed E-state index contributed by atoms with van der Waals surface area (Å²) in [4.78, 5) is 15.4. The average molecular weight is 552 g/mol. The molecule has 1 amide bonds. The van der Waals surface area contributed by atoms with Crippen LogP contribution in [-0.2, 0) is 12.8 Å². The van der Waals surface area contributed by atoms with Gasteiger partial charge in [0.25, 0.3) is 5.91 Å². The highest BCUT2D eigenvalue weighted by molar-refractivity contribution is 14.1. The first kappa shape index (κ1) is 22.6. The van der Waals surface area contributed by atoms with Crippen molar-refractivity contribution in [1.82, 2.24) is 4.90 Å². The highest BCUT2D eigenvalue weighted by Gasteiger charge is 2.35. The molecule has 1 aliphatic heterocycles. The number of hydrogen-bond acceptors (Lipinski definition) is 3. The van der Waals surface area contributed by atoms with E-state index in [-0.39, 0.29) is 18.1 Å². The summed E-state index contributed by atoms with van der Waals surface area (Å²) in [6.45, 7) is 1.99. The van der Waals surface area contributed by atoms with Gasteiger partial charge >= 0.3 is 0 Å². The van der Waals surface area contributed by atoms with Gasteiger partial charge in [0.05, 0.1) is 6.10 Å². The van der Waals surface area contributed by atoms with Crippen molar-refractivity contribution in [2.75, 3.05) is 18.4 Å². The number of hydrogen-bond donors (Lipinski definition) is 2. The number of aliphatic hydroxyl groups is 1. The van der Waals surface area contributed by atoms with Gasteiger partial charge in [0.1, 0.15) is 0 Å². The van der Waals surface area contributed by atoms with Crippen LogP contribution in [0.2, 0.25) is 0 Å². The van der Waals surface area contributed by atoms with Crippen molar-refractivity contribution in [2.45, 2.75) is 43.7 Å². The van der Waals surface area contributed by atoms with E-state index in [0.29, 0.717) is 17.9 Å². The Morgan fingerprint density at radius 3 is 2.45 bits per heavy atom. The maximum Gasteiger partial charge on any atom is 0.255 e. The summed E-state index contributed by atoms with van der Waals surface area (Å²) in [6, 6.07) is 24.5. The number of halogens is 1. The Morgan fingerprint density at radius 2 is 1.70 bits per heavy atom. The van der Waals surface area contributed by atoms with E-state index in [1.165, 1.54) is 5.56 Å². The van der Waals surface area contributed by atoms with Gasteiger partial charge in [-0.2, -0.15) is 0 Å². The largest absolute Gasteiger partial charge is 0.391 e. The second-order valence-corrected chi connectivity index (χ2v) is 10.4. The number of benzene rings is 3. The standard InChI is InChI=1S/C28H29IN2O2/c29-23-10-4-9-22(16-23)28(33)30-25-11-5-8-21-17-27(32)26(18-24(21)25)31-14-12-20(13-15-31)19-6-2-1-3-7-19/h1-11,16,20,26-27,32H,12-15,17-18H2,(H,30,33)/t26-,27-/m0/s1. The summed E-state index contributed by atoms with van der Waals surface area (Å²) in [5, 5.41) is 14.1. The first-order valence-corrected chi connectivity index (χ1v) is 12.8.